The maximum absolute atomic E-state index is 3.59. The quantitative estimate of drug-likeness (QED) is 0.827. The molecule has 2 aliphatic heterocycles. The molecule has 0 saturated carbocycles. The number of likely N-dealkylation sites (N-methyl/N-ethyl adjacent to an activating group) is 1. The first-order valence-electron chi connectivity index (χ1n) is 7.76. The summed E-state index contributed by atoms with van der Waals surface area (Å²) in [5, 5.41) is 3.59. The van der Waals surface area contributed by atoms with Gasteiger partial charge in [-0.15, -0.1) is 0 Å². The normalized spacial score (nSPS) is 36.5. The Bertz CT molecular complexity index is 248. The highest BCUT2D eigenvalue weighted by Gasteiger charge is 2.32. The summed E-state index contributed by atoms with van der Waals surface area (Å²) in [7, 11) is 2.27. The van der Waals surface area contributed by atoms with Crippen LogP contribution in [0.25, 0.3) is 0 Å². The molecule has 0 bridgehead atoms. The van der Waals surface area contributed by atoms with Crippen molar-refractivity contribution in [3.05, 3.63) is 0 Å². The molecule has 0 aromatic carbocycles. The SMILES string of the molecule is CCC1CN(C)CCCN1CC1(C)CCCNC1. The molecule has 3 nitrogen and oxygen atoms in total. The van der Waals surface area contributed by atoms with Crippen molar-refractivity contribution >= 4 is 0 Å². The molecule has 0 amide bonds. The van der Waals surface area contributed by atoms with Crippen molar-refractivity contribution in [3.63, 3.8) is 0 Å². The van der Waals surface area contributed by atoms with Crippen LogP contribution in [0.4, 0.5) is 0 Å². The van der Waals surface area contributed by atoms with Crippen LogP contribution < -0.4 is 5.32 Å². The summed E-state index contributed by atoms with van der Waals surface area (Å²) in [4.78, 5) is 5.28. The Morgan fingerprint density at radius 2 is 2.11 bits per heavy atom. The molecule has 2 unspecified atom stereocenters. The molecule has 2 rings (SSSR count). The van der Waals surface area contributed by atoms with E-state index in [0.29, 0.717) is 5.41 Å². The molecule has 0 aromatic rings. The summed E-state index contributed by atoms with van der Waals surface area (Å²) in [5.74, 6) is 0. The van der Waals surface area contributed by atoms with Crippen LogP contribution in [0, 0.1) is 5.41 Å². The number of piperidine rings is 1. The van der Waals surface area contributed by atoms with Crippen LogP contribution in [0.3, 0.4) is 0 Å². The second kappa shape index (κ2) is 6.36. The van der Waals surface area contributed by atoms with Crippen molar-refractivity contribution in [1.29, 1.82) is 0 Å². The molecule has 2 saturated heterocycles. The molecule has 2 fully saturated rings. The highest BCUT2D eigenvalue weighted by molar-refractivity contribution is 4.88. The average molecular weight is 253 g/mol. The molecule has 2 heterocycles. The van der Waals surface area contributed by atoms with Gasteiger partial charge in [0.05, 0.1) is 0 Å². The van der Waals surface area contributed by atoms with Gasteiger partial charge < -0.3 is 10.2 Å². The van der Waals surface area contributed by atoms with E-state index < -0.39 is 0 Å². The maximum Gasteiger partial charge on any atom is 0.0220 e. The number of hydrogen-bond acceptors (Lipinski definition) is 3. The minimum atomic E-state index is 0.495. The van der Waals surface area contributed by atoms with Crippen molar-refractivity contribution in [1.82, 2.24) is 15.1 Å². The molecule has 2 aliphatic rings. The van der Waals surface area contributed by atoms with E-state index in [1.54, 1.807) is 0 Å². The molecule has 3 heteroatoms. The van der Waals surface area contributed by atoms with Gasteiger partial charge in [-0.2, -0.15) is 0 Å². The summed E-state index contributed by atoms with van der Waals surface area (Å²) in [6.45, 7) is 12.3. The molecule has 106 valence electrons. The smallest absolute Gasteiger partial charge is 0.0220 e. The van der Waals surface area contributed by atoms with E-state index in [4.69, 9.17) is 0 Å². The molecular weight excluding hydrogens is 222 g/mol. The van der Waals surface area contributed by atoms with Gasteiger partial charge >= 0.3 is 0 Å². The lowest BCUT2D eigenvalue weighted by Crippen LogP contribution is -2.50. The van der Waals surface area contributed by atoms with Crippen molar-refractivity contribution in [2.75, 3.05) is 46.3 Å². The molecule has 2 atom stereocenters. The Kier molecular flexibility index (Phi) is 5.05. The Balaban J connectivity index is 1.96. The van der Waals surface area contributed by atoms with E-state index in [9.17, 15) is 0 Å². The maximum atomic E-state index is 3.59. The van der Waals surface area contributed by atoms with Crippen LogP contribution in [0.1, 0.15) is 39.5 Å². The van der Waals surface area contributed by atoms with Crippen LogP contribution in [-0.2, 0) is 0 Å². The molecule has 0 aliphatic carbocycles. The Morgan fingerprint density at radius 3 is 2.78 bits per heavy atom. The van der Waals surface area contributed by atoms with E-state index in [1.807, 2.05) is 0 Å². The molecule has 0 spiro atoms. The first-order valence-corrected chi connectivity index (χ1v) is 7.76. The number of nitrogens with one attached hydrogen (secondary N) is 1. The summed E-state index contributed by atoms with van der Waals surface area (Å²) < 4.78 is 0. The third-order valence-electron chi connectivity index (χ3n) is 4.77. The minimum Gasteiger partial charge on any atom is -0.316 e. The number of rotatable bonds is 3. The second-order valence-electron chi connectivity index (χ2n) is 6.74. The van der Waals surface area contributed by atoms with Crippen LogP contribution in [0.15, 0.2) is 0 Å². The molecule has 0 radical (unpaired) electrons. The Morgan fingerprint density at radius 1 is 1.28 bits per heavy atom. The zero-order chi connectivity index (χ0) is 13.0. The van der Waals surface area contributed by atoms with Gasteiger partial charge in [-0.05, 0) is 57.8 Å². The van der Waals surface area contributed by atoms with Gasteiger partial charge in [-0.1, -0.05) is 13.8 Å². The van der Waals surface area contributed by atoms with E-state index in [1.165, 1.54) is 65.0 Å². The van der Waals surface area contributed by atoms with Crippen molar-refractivity contribution in [3.8, 4) is 0 Å². The molecule has 18 heavy (non-hydrogen) atoms. The number of nitrogens with zero attached hydrogens (tertiary/aromatic N) is 2. The third-order valence-corrected chi connectivity index (χ3v) is 4.77. The van der Waals surface area contributed by atoms with Crippen LogP contribution >= 0.6 is 0 Å². The lowest BCUT2D eigenvalue weighted by Gasteiger charge is -2.41. The van der Waals surface area contributed by atoms with Gasteiger partial charge in [0.2, 0.25) is 0 Å². The Hall–Kier alpha value is -0.120. The summed E-state index contributed by atoms with van der Waals surface area (Å²) in [6, 6.07) is 0.760. The second-order valence-corrected chi connectivity index (χ2v) is 6.74. The van der Waals surface area contributed by atoms with Crippen molar-refractivity contribution in [2.45, 2.75) is 45.6 Å². The topological polar surface area (TPSA) is 18.5 Å². The summed E-state index contributed by atoms with van der Waals surface area (Å²) in [5.41, 5.74) is 0.495. The lowest BCUT2D eigenvalue weighted by molar-refractivity contribution is 0.0957. The van der Waals surface area contributed by atoms with Gasteiger partial charge in [-0.3, -0.25) is 4.90 Å². The fourth-order valence-corrected chi connectivity index (χ4v) is 3.63. The van der Waals surface area contributed by atoms with Crippen LogP contribution in [0.5, 0.6) is 0 Å². The lowest BCUT2D eigenvalue weighted by atomic mass is 9.82. The predicted molar refractivity (Wildman–Crippen MR) is 78.0 cm³/mol. The first kappa shape index (κ1) is 14.3. The van der Waals surface area contributed by atoms with Crippen LogP contribution in [-0.4, -0.2) is 62.2 Å². The van der Waals surface area contributed by atoms with Gasteiger partial charge in [0.25, 0.3) is 0 Å². The fourth-order valence-electron chi connectivity index (χ4n) is 3.63. The van der Waals surface area contributed by atoms with Gasteiger partial charge in [0.1, 0.15) is 0 Å². The van der Waals surface area contributed by atoms with Crippen LogP contribution in [0.2, 0.25) is 0 Å². The summed E-state index contributed by atoms with van der Waals surface area (Å²) in [6.07, 6.45) is 5.36. The van der Waals surface area contributed by atoms with E-state index in [0.717, 1.165) is 6.04 Å². The van der Waals surface area contributed by atoms with Crippen molar-refractivity contribution in [2.24, 2.45) is 5.41 Å². The van der Waals surface area contributed by atoms with Gasteiger partial charge in [-0.25, -0.2) is 0 Å². The average Bonchev–Trinajstić information content (AvgIpc) is 2.51. The van der Waals surface area contributed by atoms with Gasteiger partial charge in [0, 0.05) is 25.7 Å². The zero-order valence-corrected chi connectivity index (χ0v) is 12.5. The first-order chi connectivity index (χ1) is 8.63. The fraction of sp³-hybridized carbons (Fsp3) is 1.00. The predicted octanol–water partition coefficient (Wildman–Crippen LogP) is 1.79. The molecule has 1 N–H and O–H groups in total. The highest BCUT2D eigenvalue weighted by Crippen LogP contribution is 2.28. The standard InChI is InChI=1S/C15H31N3/c1-4-14-11-17(3)9-6-10-18(14)13-15(2)7-5-8-16-12-15/h14,16H,4-13H2,1-3H3. The van der Waals surface area contributed by atoms with E-state index in [-0.39, 0.29) is 0 Å². The van der Waals surface area contributed by atoms with Crippen molar-refractivity contribution < 1.29 is 0 Å². The van der Waals surface area contributed by atoms with E-state index >= 15 is 0 Å². The third kappa shape index (κ3) is 3.69. The summed E-state index contributed by atoms with van der Waals surface area (Å²) >= 11 is 0. The number of hydrogen-bond donors (Lipinski definition) is 1. The molecular formula is C15H31N3. The highest BCUT2D eigenvalue weighted by atomic mass is 15.2. The monoisotopic (exact) mass is 253 g/mol. The van der Waals surface area contributed by atoms with Gasteiger partial charge in [0.15, 0.2) is 0 Å². The Labute approximate surface area is 113 Å². The largest absolute Gasteiger partial charge is 0.316 e. The molecule has 0 aromatic heterocycles. The van der Waals surface area contributed by atoms with E-state index in [2.05, 4.69) is 36.0 Å². The minimum absolute atomic E-state index is 0.495. The zero-order valence-electron chi connectivity index (χ0n) is 12.5.